The molecule has 44 heavy (non-hydrogen) atoms. The molecule has 0 saturated carbocycles. The van der Waals surface area contributed by atoms with Crippen molar-refractivity contribution in [2.45, 2.75) is 37.2 Å². The van der Waals surface area contributed by atoms with Gasteiger partial charge >= 0.3 is 0 Å². The number of carbonyl (C=O) groups excluding carboxylic acids is 2. The molecule has 4 aromatic carbocycles. The zero-order valence-corrected chi connectivity index (χ0v) is 27.1. The number of rotatable bonds is 13. The van der Waals surface area contributed by atoms with Crippen molar-refractivity contribution in [2.24, 2.45) is 0 Å². The van der Waals surface area contributed by atoms with Crippen molar-refractivity contribution in [3.05, 3.63) is 129 Å². The van der Waals surface area contributed by atoms with Gasteiger partial charge in [-0.1, -0.05) is 102 Å². The molecule has 0 unspecified atom stereocenters. The van der Waals surface area contributed by atoms with Crippen LogP contribution in [0, 0.1) is 0 Å². The molecule has 0 bridgehead atoms. The van der Waals surface area contributed by atoms with Crippen molar-refractivity contribution in [1.29, 1.82) is 0 Å². The summed E-state index contributed by atoms with van der Waals surface area (Å²) in [7, 11) is -4.24. The highest BCUT2D eigenvalue weighted by Gasteiger charge is 2.34. The lowest BCUT2D eigenvalue weighted by Gasteiger charge is -2.34. The predicted octanol–water partition coefficient (Wildman–Crippen LogP) is 7.01. The molecule has 11 heteroatoms. The molecule has 1 atom stereocenters. The SMILES string of the molecule is CCCNC(=O)[C@H](Cc1ccccc1)N(Cc1ccc(Cl)cc1)C(=O)CN(c1ccc(Cl)c(Cl)c1)S(=O)(=O)c1ccccc1. The number of halogens is 3. The highest BCUT2D eigenvalue weighted by atomic mass is 35.5. The van der Waals surface area contributed by atoms with E-state index in [4.69, 9.17) is 34.8 Å². The quantitative estimate of drug-likeness (QED) is 0.166. The molecular formula is C33H32Cl3N3O4S. The first-order valence-electron chi connectivity index (χ1n) is 14.0. The van der Waals surface area contributed by atoms with Crippen LogP contribution in [0.3, 0.4) is 0 Å². The average Bonchev–Trinajstić information content (AvgIpc) is 3.03. The van der Waals surface area contributed by atoms with Gasteiger partial charge in [0.2, 0.25) is 11.8 Å². The minimum Gasteiger partial charge on any atom is -0.354 e. The number of carbonyl (C=O) groups is 2. The molecule has 2 amide bonds. The second kappa shape index (κ2) is 15.4. The normalized spacial score (nSPS) is 11.9. The molecule has 0 saturated heterocycles. The molecule has 4 rings (SSSR count). The lowest BCUT2D eigenvalue weighted by atomic mass is 10.0. The van der Waals surface area contributed by atoms with Crippen LogP contribution in [0.1, 0.15) is 24.5 Å². The second-order valence-corrected chi connectivity index (χ2v) is 13.2. The first-order valence-corrected chi connectivity index (χ1v) is 16.6. The largest absolute Gasteiger partial charge is 0.354 e. The lowest BCUT2D eigenvalue weighted by molar-refractivity contribution is -0.140. The zero-order chi connectivity index (χ0) is 31.7. The summed E-state index contributed by atoms with van der Waals surface area (Å²) in [5, 5.41) is 3.80. The summed E-state index contributed by atoms with van der Waals surface area (Å²) in [4.78, 5) is 29.5. The number of sulfonamides is 1. The van der Waals surface area contributed by atoms with Crippen molar-refractivity contribution in [2.75, 3.05) is 17.4 Å². The highest BCUT2D eigenvalue weighted by molar-refractivity contribution is 7.92. The third kappa shape index (κ3) is 8.54. The van der Waals surface area contributed by atoms with Gasteiger partial charge in [0.1, 0.15) is 12.6 Å². The highest BCUT2D eigenvalue weighted by Crippen LogP contribution is 2.31. The molecule has 0 aliphatic heterocycles. The van der Waals surface area contributed by atoms with E-state index in [1.165, 1.54) is 35.2 Å². The molecular weight excluding hydrogens is 641 g/mol. The molecule has 0 spiro atoms. The van der Waals surface area contributed by atoms with Crippen LogP contribution in [0.15, 0.2) is 108 Å². The summed E-state index contributed by atoms with van der Waals surface area (Å²) in [6, 6.07) is 27.5. The van der Waals surface area contributed by atoms with Crippen LogP contribution < -0.4 is 9.62 Å². The molecule has 0 radical (unpaired) electrons. The van der Waals surface area contributed by atoms with Crippen molar-refractivity contribution in [1.82, 2.24) is 10.2 Å². The van der Waals surface area contributed by atoms with E-state index in [-0.39, 0.29) is 39.5 Å². The van der Waals surface area contributed by atoms with Gasteiger partial charge in [0.15, 0.2) is 0 Å². The van der Waals surface area contributed by atoms with Gasteiger partial charge in [0, 0.05) is 24.5 Å². The van der Waals surface area contributed by atoms with E-state index in [2.05, 4.69) is 5.32 Å². The fourth-order valence-corrected chi connectivity index (χ4v) is 6.44. The summed E-state index contributed by atoms with van der Waals surface area (Å²) in [6.07, 6.45) is 0.920. The first kappa shape index (κ1) is 33.3. The maximum absolute atomic E-state index is 14.4. The molecule has 230 valence electrons. The monoisotopic (exact) mass is 671 g/mol. The van der Waals surface area contributed by atoms with Gasteiger partial charge in [-0.3, -0.25) is 13.9 Å². The topological polar surface area (TPSA) is 86.8 Å². The van der Waals surface area contributed by atoms with E-state index >= 15 is 0 Å². The standard InChI is InChI=1S/C33H32Cl3N3O4S/c1-2-19-37-33(41)31(20-24-9-5-3-6-10-24)38(22-25-13-15-26(34)16-14-25)32(40)23-39(27-17-18-29(35)30(36)21-27)44(42,43)28-11-7-4-8-12-28/h3-18,21,31H,2,19-20,22-23H2,1H3,(H,37,41)/t31-/m0/s1. The molecule has 0 fully saturated rings. The van der Waals surface area contributed by atoms with Crippen molar-refractivity contribution in [3.8, 4) is 0 Å². The fourth-order valence-electron chi connectivity index (χ4n) is 4.60. The Morgan fingerprint density at radius 2 is 1.43 bits per heavy atom. The van der Waals surface area contributed by atoms with Gasteiger partial charge in [-0.2, -0.15) is 0 Å². The van der Waals surface area contributed by atoms with Crippen molar-refractivity contribution in [3.63, 3.8) is 0 Å². The molecule has 0 aromatic heterocycles. The van der Waals surface area contributed by atoms with E-state index in [1.54, 1.807) is 42.5 Å². The Bertz CT molecular complexity index is 1670. The van der Waals surface area contributed by atoms with Gasteiger partial charge in [-0.15, -0.1) is 0 Å². The van der Waals surface area contributed by atoms with Crippen LogP contribution in [0.4, 0.5) is 5.69 Å². The van der Waals surface area contributed by atoms with Gasteiger partial charge in [-0.05, 0) is 60.0 Å². The smallest absolute Gasteiger partial charge is 0.264 e. The molecule has 0 aliphatic rings. The minimum absolute atomic E-state index is 0.00959. The number of nitrogens with zero attached hydrogens (tertiary/aromatic N) is 2. The van der Waals surface area contributed by atoms with E-state index in [0.29, 0.717) is 18.0 Å². The number of benzene rings is 4. The lowest BCUT2D eigenvalue weighted by Crippen LogP contribution is -2.53. The van der Waals surface area contributed by atoms with Gasteiger partial charge < -0.3 is 10.2 Å². The van der Waals surface area contributed by atoms with Gasteiger partial charge in [-0.25, -0.2) is 8.42 Å². The Morgan fingerprint density at radius 1 is 0.795 bits per heavy atom. The van der Waals surface area contributed by atoms with E-state index in [0.717, 1.165) is 15.4 Å². The Balaban J connectivity index is 1.80. The third-order valence-electron chi connectivity index (χ3n) is 6.89. The molecule has 1 N–H and O–H groups in total. The Hall–Kier alpha value is -3.56. The van der Waals surface area contributed by atoms with Crippen LogP contribution in [-0.2, 0) is 32.6 Å². The maximum atomic E-state index is 14.4. The summed E-state index contributed by atoms with van der Waals surface area (Å²) < 4.78 is 29.0. The molecule has 0 aliphatic carbocycles. The Morgan fingerprint density at radius 3 is 2.05 bits per heavy atom. The van der Waals surface area contributed by atoms with E-state index in [1.807, 2.05) is 37.3 Å². The second-order valence-electron chi connectivity index (χ2n) is 10.1. The number of anilines is 1. The molecule has 0 heterocycles. The number of hydrogen-bond donors (Lipinski definition) is 1. The molecule has 4 aromatic rings. The van der Waals surface area contributed by atoms with Crippen molar-refractivity contribution >= 4 is 62.3 Å². The third-order valence-corrected chi connectivity index (χ3v) is 9.67. The van der Waals surface area contributed by atoms with Gasteiger partial charge in [0.05, 0.1) is 20.6 Å². The van der Waals surface area contributed by atoms with Crippen molar-refractivity contribution < 1.29 is 18.0 Å². The predicted molar refractivity (Wildman–Crippen MR) is 177 cm³/mol. The number of nitrogens with one attached hydrogen (secondary N) is 1. The van der Waals surface area contributed by atoms with Crippen LogP contribution in [-0.4, -0.2) is 44.3 Å². The minimum atomic E-state index is -4.24. The summed E-state index contributed by atoms with van der Waals surface area (Å²) in [5.41, 5.74) is 1.71. The Kier molecular flexibility index (Phi) is 11.7. The fraction of sp³-hybridized carbons (Fsp3) is 0.212. The van der Waals surface area contributed by atoms with E-state index < -0.39 is 28.5 Å². The summed E-state index contributed by atoms with van der Waals surface area (Å²) >= 11 is 18.6. The van der Waals surface area contributed by atoms with Crippen LogP contribution in [0.2, 0.25) is 15.1 Å². The zero-order valence-electron chi connectivity index (χ0n) is 24.0. The first-order chi connectivity index (χ1) is 21.1. The maximum Gasteiger partial charge on any atom is 0.264 e. The van der Waals surface area contributed by atoms with E-state index in [9.17, 15) is 18.0 Å². The Labute approximate surface area is 273 Å². The number of amides is 2. The van der Waals surface area contributed by atoms with Crippen LogP contribution in [0.5, 0.6) is 0 Å². The van der Waals surface area contributed by atoms with Crippen LogP contribution in [0.25, 0.3) is 0 Å². The summed E-state index contributed by atoms with van der Waals surface area (Å²) in [5.74, 6) is -0.928. The molecule has 7 nitrogen and oxygen atoms in total. The average molecular weight is 673 g/mol. The van der Waals surface area contributed by atoms with Crippen LogP contribution >= 0.6 is 34.8 Å². The number of hydrogen-bond acceptors (Lipinski definition) is 4. The van der Waals surface area contributed by atoms with Gasteiger partial charge in [0.25, 0.3) is 10.0 Å². The summed E-state index contributed by atoms with van der Waals surface area (Å²) in [6.45, 7) is 1.79.